The highest BCUT2D eigenvalue weighted by atomic mass is 16.5. The van der Waals surface area contributed by atoms with Crippen molar-refractivity contribution in [2.24, 2.45) is 0 Å². The lowest BCUT2D eigenvalue weighted by atomic mass is 10.1. The van der Waals surface area contributed by atoms with Crippen LogP contribution in [0.1, 0.15) is 29.8 Å². The molecule has 0 unspecified atom stereocenters. The number of anilines is 2. The van der Waals surface area contributed by atoms with E-state index < -0.39 is 0 Å². The van der Waals surface area contributed by atoms with Gasteiger partial charge in [0, 0.05) is 30.6 Å². The number of rotatable bonds is 9. The van der Waals surface area contributed by atoms with Gasteiger partial charge < -0.3 is 15.4 Å². The van der Waals surface area contributed by atoms with Gasteiger partial charge in [0.15, 0.2) is 0 Å². The molecule has 1 heterocycles. The van der Waals surface area contributed by atoms with Crippen LogP contribution in [-0.2, 0) is 27.3 Å². The number of hydrogen-bond donors (Lipinski definition) is 2. The van der Waals surface area contributed by atoms with Crippen molar-refractivity contribution in [3.05, 3.63) is 41.2 Å². The summed E-state index contributed by atoms with van der Waals surface area (Å²) in [5.41, 5.74) is 4.10. The minimum Gasteiger partial charge on any atom is -0.375 e. The molecule has 1 aromatic carbocycles. The lowest BCUT2D eigenvalue weighted by Crippen LogP contribution is -2.17. The number of ether oxygens (including phenoxy) is 1. The normalized spacial score (nSPS) is 10.4. The first-order valence-electron chi connectivity index (χ1n) is 9.03. The summed E-state index contributed by atoms with van der Waals surface area (Å²) >= 11 is 0. The van der Waals surface area contributed by atoms with Crippen molar-refractivity contribution in [2.45, 2.75) is 39.7 Å². The molecule has 1 aromatic heterocycles. The van der Waals surface area contributed by atoms with E-state index in [1.807, 2.05) is 18.5 Å². The largest absolute Gasteiger partial charge is 0.375 e. The molecule has 148 valence electrons. The van der Waals surface area contributed by atoms with Crippen LogP contribution in [-0.4, -0.2) is 35.3 Å². The van der Waals surface area contributed by atoms with Crippen molar-refractivity contribution in [1.82, 2.24) is 9.78 Å². The fourth-order valence-electron chi connectivity index (χ4n) is 2.93. The molecule has 2 aromatic rings. The number of amides is 2. The van der Waals surface area contributed by atoms with Crippen LogP contribution >= 0.6 is 0 Å². The van der Waals surface area contributed by atoms with Crippen LogP contribution in [0.25, 0.3) is 0 Å². The molecule has 2 N–H and O–H groups in total. The number of aryl methyl sites for hydroxylation is 2. The highest BCUT2D eigenvalue weighted by Gasteiger charge is 2.13. The maximum Gasteiger partial charge on any atom is 0.250 e. The molecule has 8 heteroatoms. The zero-order chi connectivity index (χ0) is 20.5. The quantitative estimate of drug-likeness (QED) is 0.692. The third-order valence-electron chi connectivity index (χ3n) is 4.27. The Hall–Kier alpha value is -3.18. The average Bonchev–Trinajstić information content (AvgIpc) is 2.92. The Kier molecular flexibility index (Phi) is 7.72. The van der Waals surface area contributed by atoms with E-state index in [1.165, 1.54) is 7.11 Å². The summed E-state index contributed by atoms with van der Waals surface area (Å²) < 4.78 is 6.60. The Bertz CT molecular complexity index is 882. The van der Waals surface area contributed by atoms with Gasteiger partial charge >= 0.3 is 0 Å². The van der Waals surface area contributed by atoms with Crippen molar-refractivity contribution in [2.75, 3.05) is 24.4 Å². The van der Waals surface area contributed by atoms with E-state index in [-0.39, 0.29) is 18.4 Å². The number of carbonyl (C=O) groups excluding carboxylic acids is 2. The third-order valence-corrected chi connectivity index (χ3v) is 4.27. The van der Waals surface area contributed by atoms with E-state index in [9.17, 15) is 9.59 Å². The van der Waals surface area contributed by atoms with Gasteiger partial charge in [-0.3, -0.25) is 14.3 Å². The zero-order valence-electron chi connectivity index (χ0n) is 16.4. The van der Waals surface area contributed by atoms with Crippen LogP contribution in [0.2, 0.25) is 0 Å². The Morgan fingerprint density at radius 3 is 2.54 bits per heavy atom. The topological polar surface area (TPSA) is 109 Å². The fraction of sp³-hybridized carbons (Fsp3) is 0.400. The molecule has 0 spiro atoms. The summed E-state index contributed by atoms with van der Waals surface area (Å²) in [6.45, 7) is 4.39. The molecule has 0 radical (unpaired) electrons. The number of hydrogen-bond acceptors (Lipinski definition) is 5. The van der Waals surface area contributed by atoms with Gasteiger partial charge in [-0.2, -0.15) is 10.4 Å². The lowest BCUT2D eigenvalue weighted by Gasteiger charge is -2.09. The van der Waals surface area contributed by atoms with Crippen LogP contribution < -0.4 is 10.6 Å². The summed E-state index contributed by atoms with van der Waals surface area (Å²) in [5.74, 6) is -0.380. The van der Waals surface area contributed by atoms with E-state index in [0.717, 1.165) is 17.0 Å². The molecule has 28 heavy (non-hydrogen) atoms. The first-order chi connectivity index (χ1) is 13.4. The van der Waals surface area contributed by atoms with E-state index in [0.29, 0.717) is 37.2 Å². The minimum absolute atomic E-state index is 0.0304. The molecule has 0 saturated heterocycles. The van der Waals surface area contributed by atoms with Gasteiger partial charge in [0.05, 0.1) is 24.7 Å². The van der Waals surface area contributed by atoms with Gasteiger partial charge in [0.25, 0.3) is 0 Å². The van der Waals surface area contributed by atoms with Crippen molar-refractivity contribution in [3.63, 3.8) is 0 Å². The predicted molar refractivity (Wildman–Crippen MR) is 106 cm³/mol. The molecular formula is C20H25N5O3. The van der Waals surface area contributed by atoms with Crippen molar-refractivity contribution >= 4 is 23.2 Å². The number of nitriles is 1. The van der Waals surface area contributed by atoms with E-state index >= 15 is 0 Å². The Morgan fingerprint density at radius 2 is 1.89 bits per heavy atom. The standard InChI is InChI=1S/C20H25N5O3/c1-14-18(15(2)25(24-14)11-5-10-21)8-9-19(26)22-16-6-4-7-17(12-16)23-20(27)13-28-3/h4,6-7,12H,5,8-9,11,13H2,1-3H3,(H,22,26)(H,23,27). The second-order valence-corrected chi connectivity index (χ2v) is 6.39. The maximum atomic E-state index is 12.3. The summed E-state index contributed by atoms with van der Waals surface area (Å²) in [7, 11) is 1.45. The van der Waals surface area contributed by atoms with Crippen LogP contribution in [0.15, 0.2) is 24.3 Å². The SMILES string of the molecule is COCC(=O)Nc1cccc(NC(=O)CCc2c(C)nn(CCC#N)c2C)c1. The third kappa shape index (κ3) is 5.93. The second kappa shape index (κ2) is 10.2. The molecule has 2 rings (SSSR count). The summed E-state index contributed by atoms with van der Waals surface area (Å²) in [6, 6.07) is 9.07. The number of aromatic nitrogens is 2. The van der Waals surface area contributed by atoms with Gasteiger partial charge in [-0.15, -0.1) is 0 Å². The van der Waals surface area contributed by atoms with Crippen LogP contribution in [0.4, 0.5) is 11.4 Å². The average molecular weight is 383 g/mol. The van der Waals surface area contributed by atoms with Gasteiger partial charge in [-0.05, 0) is 44.0 Å². The van der Waals surface area contributed by atoms with Crippen LogP contribution in [0.5, 0.6) is 0 Å². The highest BCUT2D eigenvalue weighted by molar-refractivity contribution is 5.94. The highest BCUT2D eigenvalue weighted by Crippen LogP contribution is 2.18. The smallest absolute Gasteiger partial charge is 0.250 e. The number of methoxy groups -OCH3 is 1. The first-order valence-corrected chi connectivity index (χ1v) is 9.03. The van der Waals surface area contributed by atoms with Gasteiger partial charge in [-0.25, -0.2) is 0 Å². The Morgan fingerprint density at radius 1 is 1.21 bits per heavy atom. The molecule has 0 aliphatic rings. The number of nitrogens with zero attached hydrogens (tertiary/aromatic N) is 3. The summed E-state index contributed by atoms with van der Waals surface area (Å²) in [5, 5.41) is 18.7. The monoisotopic (exact) mass is 383 g/mol. The van der Waals surface area contributed by atoms with E-state index in [4.69, 9.17) is 10.00 Å². The molecule has 0 aliphatic heterocycles. The summed E-state index contributed by atoms with van der Waals surface area (Å²) in [4.78, 5) is 23.9. The predicted octanol–water partition coefficient (Wildman–Crippen LogP) is 2.57. The number of nitrogens with one attached hydrogen (secondary N) is 2. The van der Waals surface area contributed by atoms with Crippen molar-refractivity contribution < 1.29 is 14.3 Å². The Labute approximate surface area is 164 Å². The molecular weight excluding hydrogens is 358 g/mol. The number of carbonyl (C=O) groups is 2. The molecule has 8 nitrogen and oxygen atoms in total. The lowest BCUT2D eigenvalue weighted by molar-refractivity contribution is -0.119. The second-order valence-electron chi connectivity index (χ2n) is 6.39. The van der Waals surface area contributed by atoms with Crippen LogP contribution in [0.3, 0.4) is 0 Å². The van der Waals surface area contributed by atoms with Crippen LogP contribution in [0, 0.1) is 25.2 Å². The maximum absolute atomic E-state index is 12.3. The van der Waals surface area contributed by atoms with E-state index in [2.05, 4.69) is 21.8 Å². The molecule has 0 atom stereocenters. The van der Waals surface area contributed by atoms with Gasteiger partial charge in [0.1, 0.15) is 6.61 Å². The molecule has 0 aliphatic carbocycles. The van der Waals surface area contributed by atoms with Gasteiger partial charge in [0.2, 0.25) is 11.8 Å². The van der Waals surface area contributed by atoms with Crippen molar-refractivity contribution in [1.29, 1.82) is 5.26 Å². The fourth-order valence-corrected chi connectivity index (χ4v) is 2.93. The van der Waals surface area contributed by atoms with E-state index in [1.54, 1.807) is 24.3 Å². The van der Waals surface area contributed by atoms with Gasteiger partial charge in [-0.1, -0.05) is 6.07 Å². The van der Waals surface area contributed by atoms with Crippen molar-refractivity contribution in [3.8, 4) is 6.07 Å². The Balaban J connectivity index is 1.94. The zero-order valence-corrected chi connectivity index (χ0v) is 16.4. The molecule has 0 fully saturated rings. The molecule has 0 bridgehead atoms. The number of benzene rings is 1. The minimum atomic E-state index is -0.259. The summed E-state index contributed by atoms with van der Waals surface area (Å²) in [6.07, 6.45) is 1.28. The molecule has 2 amide bonds. The first kappa shape index (κ1) is 21.1. The molecule has 0 saturated carbocycles.